The molecule has 0 spiro atoms. The van der Waals surface area contributed by atoms with Gasteiger partial charge < -0.3 is 14.9 Å². The lowest BCUT2D eigenvalue weighted by Gasteiger charge is -2.27. The Morgan fingerprint density at radius 1 is 1.04 bits per heavy atom. The SMILES string of the molecule is C[C@@H]1CN(C(=O)CN(Cc2ccccc2)c2ccccc2)C[C@H]1C(=O)O. The summed E-state index contributed by atoms with van der Waals surface area (Å²) in [4.78, 5) is 27.9. The summed E-state index contributed by atoms with van der Waals surface area (Å²) >= 11 is 0. The Bertz CT molecular complexity index is 748. The minimum atomic E-state index is -0.822. The number of carbonyl (C=O) groups is 2. The molecule has 0 aromatic heterocycles. The number of carbonyl (C=O) groups excluding carboxylic acids is 1. The summed E-state index contributed by atoms with van der Waals surface area (Å²) in [6.07, 6.45) is 0. The molecule has 0 saturated carbocycles. The van der Waals surface area contributed by atoms with Gasteiger partial charge in [0.1, 0.15) is 0 Å². The van der Waals surface area contributed by atoms with Crippen LogP contribution in [0.25, 0.3) is 0 Å². The molecule has 1 saturated heterocycles. The molecular formula is C21H24N2O3. The van der Waals surface area contributed by atoms with Crippen LogP contribution in [0, 0.1) is 11.8 Å². The van der Waals surface area contributed by atoms with Crippen LogP contribution >= 0.6 is 0 Å². The predicted octanol–water partition coefficient (Wildman–Crippen LogP) is 2.87. The summed E-state index contributed by atoms with van der Waals surface area (Å²) in [5, 5.41) is 9.29. The van der Waals surface area contributed by atoms with Gasteiger partial charge in [-0.15, -0.1) is 0 Å². The van der Waals surface area contributed by atoms with Crippen LogP contribution < -0.4 is 4.90 Å². The van der Waals surface area contributed by atoms with Crippen LogP contribution in [0.5, 0.6) is 0 Å². The van der Waals surface area contributed by atoms with Crippen molar-refractivity contribution in [1.29, 1.82) is 0 Å². The van der Waals surface area contributed by atoms with E-state index in [9.17, 15) is 14.7 Å². The van der Waals surface area contributed by atoms with Gasteiger partial charge in [-0.25, -0.2) is 0 Å². The quantitative estimate of drug-likeness (QED) is 0.868. The van der Waals surface area contributed by atoms with E-state index in [0.29, 0.717) is 19.6 Å². The first kappa shape index (κ1) is 18.0. The zero-order valence-electron chi connectivity index (χ0n) is 14.9. The molecule has 2 aromatic rings. The van der Waals surface area contributed by atoms with Crippen molar-refractivity contribution < 1.29 is 14.7 Å². The van der Waals surface area contributed by atoms with Gasteiger partial charge in [-0.2, -0.15) is 0 Å². The van der Waals surface area contributed by atoms with E-state index in [-0.39, 0.29) is 18.4 Å². The van der Waals surface area contributed by atoms with Crippen LogP contribution in [0.15, 0.2) is 60.7 Å². The smallest absolute Gasteiger partial charge is 0.308 e. The number of rotatable bonds is 6. The molecule has 1 amide bonds. The second-order valence-electron chi connectivity index (χ2n) is 6.90. The summed E-state index contributed by atoms with van der Waals surface area (Å²) < 4.78 is 0. The molecule has 5 nitrogen and oxygen atoms in total. The first-order valence-electron chi connectivity index (χ1n) is 8.89. The van der Waals surface area contributed by atoms with Gasteiger partial charge in [-0.3, -0.25) is 9.59 Å². The Labute approximate surface area is 153 Å². The molecule has 136 valence electrons. The number of carboxylic acid groups (broad SMARTS) is 1. The van der Waals surface area contributed by atoms with Crippen molar-refractivity contribution in [1.82, 2.24) is 4.90 Å². The van der Waals surface area contributed by atoms with Crippen LogP contribution in [-0.2, 0) is 16.1 Å². The lowest BCUT2D eigenvalue weighted by molar-refractivity contribution is -0.142. The normalized spacial score (nSPS) is 19.3. The van der Waals surface area contributed by atoms with Gasteiger partial charge in [0.15, 0.2) is 0 Å². The molecule has 26 heavy (non-hydrogen) atoms. The highest BCUT2D eigenvalue weighted by Gasteiger charge is 2.37. The Balaban J connectivity index is 1.73. The Morgan fingerprint density at radius 3 is 2.23 bits per heavy atom. The average molecular weight is 352 g/mol. The number of hydrogen-bond donors (Lipinski definition) is 1. The predicted molar refractivity (Wildman–Crippen MR) is 101 cm³/mol. The second kappa shape index (κ2) is 8.04. The highest BCUT2D eigenvalue weighted by atomic mass is 16.4. The molecule has 0 bridgehead atoms. The topological polar surface area (TPSA) is 60.9 Å². The molecule has 5 heteroatoms. The van der Waals surface area contributed by atoms with Crippen molar-refractivity contribution in [2.45, 2.75) is 13.5 Å². The fourth-order valence-corrected chi connectivity index (χ4v) is 3.44. The van der Waals surface area contributed by atoms with E-state index < -0.39 is 11.9 Å². The summed E-state index contributed by atoms with van der Waals surface area (Å²) in [5.74, 6) is -1.34. The minimum Gasteiger partial charge on any atom is -0.481 e. The molecule has 3 rings (SSSR count). The molecule has 2 aromatic carbocycles. The van der Waals surface area contributed by atoms with Crippen molar-refractivity contribution in [2.24, 2.45) is 11.8 Å². The van der Waals surface area contributed by atoms with Gasteiger partial charge in [-0.1, -0.05) is 55.5 Å². The van der Waals surface area contributed by atoms with Crippen LogP contribution in [0.1, 0.15) is 12.5 Å². The van der Waals surface area contributed by atoms with Crippen LogP contribution in [0.2, 0.25) is 0 Å². The van der Waals surface area contributed by atoms with Crippen molar-refractivity contribution in [2.75, 3.05) is 24.5 Å². The highest BCUT2D eigenvalue weighted by Crippen LogP contribution is 2.24. The number of aliphatic carboxylic acids is 1. The Morgan fingerprint density at radius 2 is 1.65 bits per heavy atom. The minimum absolute atomic E-state index is 0.0178. The number of anilines is 1. The molecule has 0 unspecified atom stereocenters. The van der Waals surface area contributed by atoms with Crippen molar-refractivity contribution in [3.63, 3.8) is 0 Å². The maximum atomic E-state index is 12.8. The fourth-order valence-electron chi connectivity index (χ4n) is 3.44. The fraction of sp³-hybridized carbons (Fsp3) is 0.333. The number of nitrogens with zero attached hydrogens (tertiary/aromatic N) is 2. The molecule has 1 N–H and O–H groups in total. The first-order chi connectivity index (χ1) is 12.5. The number of hydrogen-bond acceptors (Lipinski definition) is 3. The van der Waals surface area contributed by atoms with Crippen molar-refractivity contribution in [3.8, 4) is 0 Å². The van der Waals surface area contributed by atoms with E-state index in [1.54, 1.807) is 4.90 Å². The third-order valence-electron chi connectivity index (χ3n) is 4.95. The standard InChI is InChI=1S/C21H24N2O3/c1-16-12-23(14-19(16)21(25)26)20(24)15-22(18-10-6-3-7-11-18)13-17-8-4-2-5-9-17/h2-11,16,19H,12-15H2,1H3,(H,25,26)/t16-,19-/m1/s1. The van der Waals surface area contributed by atoms with Gasteiger partial charge in [0.05, 0.1) is 12.5 Å². The van der Waals surface area contributed by atoms with Crippen molar-refractivity contribution >= 4 is 17.6 Å². The van der Waals surface area contributed by atoms with E-state index in [1.165, 1.54) is 0 Å². The van der Waals surface area contributed by atoms with Gasteiger partial charge in [-0.05, 0) is 23.6 Å². The van der Waals surface area contributed by atoms with E-state index in [2.05, 4.69) is 0 Å². The summed E-state index contributed by atoms with van der Waals surface area (Å²) in [6.45, 7) is 3.55. The van der Waals surface area contributed by atoms with E-state index in [4.69, 9.17) is 0 Å². The lowest BCUT2D eigenvalue weighted by atomic mass is 9.99. The number of para-hydroxylation sites is 1. The maximum Gasteiger partial charge on any atom is 0.308 e. The number of amides is 1. The summed E-state index contributed by atoms with van der Waals surface area (Å²) in [6, 6.07) is 19.9. The molecule has 1 fully saturated rings. The van der Waals surface area contributed by atoms with Crippen LogP contribution in [0.3, 0.4) is 0 Å². The molecule has 1 aliphatic rings. The monoisotopic (exact) mass is 352 g/mol. The zero-order chi connectivity index (χ0) is 18.5. The number of likely N-dealkylation sites (tertiary alicyclic amines) is 1. The second-order valence-corrected chi connectivity index (χ2v) is 6.90. The largest absolute Gasteiger partial charge is 0.481 e. The average Bonchev–Trinajstić information content (AvgIpc) is 3.05. The Kier molecular flexibility index (Phi) is 5.56. The summed E-state index contributed by atoms with van der Waals surface area (Å²) in [7, 11) is 0. The highest BCUT2D eigenvalue weighted by molar-refractivity contribution is 5.83. The van der Waals surface area contributed by atoms with Gasteiger partial charge in [0.2, 0.25) is 5.91 Å². The first-order valence-corrected chi connectivity index (χ1v) is 8.89. The Hall–Kier alpha value is -2.82. The van der Waals surface area contributed by atoms with Crippen molar-refractivity contribution in [3.05, 3.63) is 66.2 Å². The van der Waals surface area contributed by atoms with E-state index in [1.807, 2.05) is 72.5 Å². The third-order valence-corrected chi connectivity index (χ3v) is 4.95. The molecular weight excluding hydrogens is 328 g/mol. The zero-order valence-corrected chi connectivity index (χ0v) is 14.9. The van der Waals surface area contributed by atoms with Crippen LogP contribution in [0.4, 0.5) is 5.69 Å². The molecule has 2 atom stereocenters. The lowest BCUT2D eigenvalue weighted by Crippen LogP contribution is -2.39. The number of carboxylic acids is 1. The van der Waals surface area contributed by atoms with Gasteiger partial charge in [0, 0.05) is 25.3 Å². The van der Waals surface area contributed by atoms with E-state index >= 15 is 0 Å². The maximum absolute atomic E-state index is 12.8. The molecule has 1 aliphatic heterocycles. The van der Waals surface area contributed by atoms with Gasteiger partial charge in [0.25, 0.3) is 0 Å². The van der Waals surface area contributed by atoms with Gasteiger partial charge >= 0.3 is 5.97 Å². The number of benzene rings is 2. The molecule has 0 radical (unpaired) electrons. The van der Waals surface area contributed by atoms with E-state index in [0.717, 1.165) is 11.3 Å². The summed E-state index contributed by atoms with van der Waals surface area (Å²) in [5.41, 5.74) is 2.11. The van der Waals surface area contributed by atoms with Crippen LogP contribution in [-0.4, -0.2) is 41.5 Å². The molecule has 1 heterocycles. The third kappa shape index (κ3) is 4.23. The molecule has 0 aliphatic carbocycles.